The molecular weight excluding hydrogens is 342 g/mol. The monoisotopic (exact) mass is 367 g/mol. The molecule has 140 valence electrons. The second kappa shape index (κ2) is 9.58. The predicted molar refractivity (Wildman–Crippen MR) is 115 cm³/mol. The Morgan fingerprint density at radius 2 is 1.46 bits per heavy atom. The maximum absolute atomic E-state index is 12.8. The molecule has 0 saturated heterocycles. The van der Waals surface area contributed by atoms with E-state index < -0.39 is 0 Å². The quantitative estimate of drug-likeness (QED) is 0.562. The first-order valence-electron chi connectivity index (χ1n) is 9.83. The largest absolute Gasteiger partial charge is 0.334 e. The molecule has 1 heterocycles. The van der Waals surface area contributed by atoms with Gasteiger partial charge in [-0.3, -0.25) is 4.79 Å². The number of hydrogen-bond acceptors (Lipinski definition) is 1. The predicted octanol–water partition coefficient (Wildman–Crippen LogP) is 5.31. The second-order valence-corrected chi connectivity index (χ2v) is 6.45. The third kappa shape index (κ3) is 4.69. The summed E-state index contributed by atoms with van der Waals surface area (Å²) in [5, 5.41) is 0. The van der Waals surface area contributed by atoms with E-state index in [1.54, 1.807) is 0 Å². The molecule has 0 N–H and O–H groups in total. The van der Waals surface area contributed by atoms with Crippen LogP contribution in [-0.4, -0.2) is 17.4 Å². The van der Waals surface area contributed by atoms with Crippen LogP contribution in [0.4, 0.5) is 0 Å². The maximum atomic E-state index is 12.8. The summed E-state index contributed by atoms with van der Waals surface area (Å²) in [5.41, 5.74) is 5.01. The molecule has 1 aliphatic heterocycles. The minimum absolute atomic E-state index is 0.109. The highest BCUT2D eigenvalue weighted by atomic mass is 16.2. The topological polar surface area (TPSA) is 20.3 Å². The van der Waals surface area contributed by atoms with Crippen molar-refractivity contribution in [3.05, 3.63) is 107 Å². The van der Waals surface area contributed by atoms with Crippen LogP contribution in [0.5, 0.6) is 0 Å². The number of carbonyl (C=O) groups is 1. The first kappa shape index (κ1) is 19.5. The fourth-order valence-corrected chi connectivity index (χ4v) is 3.23. The molecule has 0 atom stereocenters. The van der Waals surface area contributed by atoms with Crippen molar-refractivity contribution in [2.24, 2.45) is 0 Å². The van der Waals surface area contributed by atoms with E-state index in [0.29, 0.717) is 6.54 Å². The number of carbonyl (C=O) groups excluding carboxylic acids is 1. The number of fused-ring (bicyclic) bond motifs is 1. The van der Waals surface area contributed by atoms with Gasteiger partial charge in [0.1, 0.15) is 0 Å². The van der Waals surface area contributed by atoms with E-state index in [1.807, 2.05) is 79.4 Å². The number of benzene rings is 3. The average molecular weight is 367 g/mol. The third-order valence-corrected chi connectivity index (χ3v) is 4.62. The van der Waals surface area contributed by atoms with Crippen LogP contribution in [0.25, 0.3) is 0 Å². The Labute approximate surface area is 167 Å². The third-order valence-electron chi connectivity index (χ3n) is 4.62. The lowest BCUT2D eigenvalue weighted by molar-refractivity contribution is 0.0727. The van der Waals surface area contributed by atoms with Gasteiger partial charge in [-0.25, -0.2) is 0 Å². The molecule has 2 nitrogen and oxygen atoms in total. The van der Waals surface area contributed by atoms with E-state index in [1.165, 1.54) is 0 Å². The molecule has 4 rings (SSSR count). The van der Waals surface area contributed by atoms with Crippen molar-refractivity contribution in [3.63, 3.8) is 0 Å². The van der Waals surface area contributed by atoms with E-state index in [9.17, 15) is 4.79 Å². The second-order valence-electron chi connectivity index (χ2n) is 6.45. The highest BCUT2D eigenvalue weighted by Crippen LogP contribution is 2.22. The number of nitrogens with zero attached hydrogens (tertiary/aromatic N) is 1. The fraction of sp³-hybridized carbons (Fsp3) is 0.192. The van der Waals surface area contributed by atoms with Gasteiger partial charge in [-0.05, 0) is 47.9 Å². The van der Waals surface area contributed by atoms with Crippen molar-refractivity contribution in [3.8, 4) is 11.8 Å². The molecule has 1 amide bonds. The van der Waals surface area contributed by atoms with Gasteiger partial charge in [0.05, 0.1) is 0 Å². The smallest absolute Gasteiger partial charge is 0.254 e. The van der Waals surface area contributed by atoms with Gasteiger partial charge in [-0.15, -0.1) is 0 Å². The Kier molecular flexibility index (Phi) is 6.65. The number of amides is 1. The summed E-state index contributed by atoms with van der Waals surface area (Å²) >= 11 is 0. The Hall–Kier alpha value is -3.31. The minimum atomic E-state index is 0.109. The summed E-state index contributed by atoms with van der Waals surface area (Å²) in [4.78, 5) is 14.7. The Balaban J connectivity index is 0.00000109. The van der Waals surface area contributed by atoms with Crippen LogP contribution in [0.15, 0.2) is 78.9 Å². The van der Waals surface area contributed by atoms with E-state index in [2.05, 4.69) is 30.0 Å². The van der Waals surface area contributed by atoms with E-state index in [4.69, 9.17) is 0 Å². The SMILES string of the molecule is CC.O=C1c2ccc(C#Cc3ccccc3)cc2CCN1Cc1ccccc1. The van der Waals surface area contributed by atoms with Crippen molar-refractivity contribution < 1.29 is 4.79 Å². The molecule has 0 fully saturated rings. The summed E-state index contributed by atoms with van der Waals surface area (Å²) in [7, 11) is 0. The van der Waals surface area contributed by atoms with Gasteiger partial charge in [0, 0.05) is 29.8 Å². The van der Waals surface area contributed by atoms with Gasteiger partial charge >= 0.3 is 0 Å². The van der Waals surface area contributed by atoms with Crippen LogP contribution in [0.1, 0.15) is 46.5 Å². The van der Waals surface area contributed by atoms with Crippen LogP contribution in [0, 0.1) is 11.8 Å². The lowest BCUT2D eigenvalue weighted by Crippen LogP contribution is -2.37. The number of hydrogen-bond donors (Lipinski definition) is 0. The molecular formula is C26H25NO. The lowest BCUT2D eigenvalue weighted by Gasteiger charge is -2.28. The molecule has 0 unspecified atom stereocenters. The fourth-order valence-electron chi connectivity index (χ4n) is 3.23. The Morgan fingerprint density at radius 3 is 2.18 bits per heavy atom. The summed E-state index contributed by atoms with van der Waals surface area (Å²) in [6.07, 6.45) is 0.870. The van der Waals surface area contributed by atoms with Crippen molar-refractivity contribution in [1.29, 1.82) is 0 Å². The molecule has 0 saturated carbocycles. The van der Waals surface area contributed by atoms with Crippen LogP contribution >= 0.6 is 0 Å². The minimum Gasteiger partial charge on any atom is -0.334 e. The van der Waals surface area contributed by atoms with Gasteiger partial charge in [0.15, 0.2) is 0 Å². The summed E-state index contributed by atoms with van der Waals surface area (Å²) in [5.74, 6) is 6.49. The molecule has 0 aliphatic carbocycles. The molecule has 0 aromatic heterocycles. The summed E-state index contributed by atoms with van der Waals surface area (Å²) in [6.45, 7) is 5.41. The molecule has 3 aromatic rings. The normalized spacial score (nSPS) is 12.2. The van der Waals surface area contributed by atoms with Gasteiger partial charge in [0.2, 0.25) is 0 Å². The lowest BCUT2D eigenvalue weighted by atomic mass is 9.96. The molecule has 3 aromatic carbocycles. The Morgan fingerprint density at radius 1 is 0.821 bits per heavy atom. The molecule has 0 radical (unpaired) electrons. The highest BCUT2D eigenvalue weighted by Gasteiger charge is 2.24. The Bertz CT molecular complexity index is 981. The van der Waals surface area contributed by atoms with Gasteiger partial charge in [-0.1, -0.05) is 74.2 Å². The molecule has 0 bridgehead atoms. The van der Waals surface area contributed by atoms with E-state index in [-0.39, 0.29) is 5.91 Å². The van der Waals surface area contributed by atoms with Crippen molar-refractivity contribution in [2.75, 3.05) is 6.54 Å². The van der Waals surface area contributed by atoms with Crippen molar-refractivity contribution in [1.82, 2.24) is 4.90 Å². The van der Waals surface area contributed by atoms with Crippen LogP contribution in [0.3, 0.4) is 0 Å². The maximum Gasteiger partial charge on any atom is 0.254 e. The van der Waals surface area contributed by atoms with Gasteiger partial charge in [0.25, 0.3) is 5.91 Å². The van der Waals surface area contributed by atoms with Gasteiger partial charge < -0.3 is 4.90 Å². The zero-order valence-electron chi connectivity index (χ0n) is 16.5. The zero-order valence-corrected chi connectivity index (χ0v) is 16.5. The molecule has 28 heavy (non-hydrogen) atoms. The van der Waals surface area contributed by atoms with Crippen LogP contribution in [-0.2, 0) is 13.0 Å². The van der Waals surface area contributed by atoms with Crippen LogP contribution in [0.2, 0.25) is 0 Å². The zero-order chi connectivity index (χ0) is 19.8. The molecule has 2 heteroatoms. The highest BCUT2D eigenvalue weighted by molar-refractivity contribution is 5.96. The van der Waals surface area contributed by atoms with Gasteiger partial charge in [-0.2, -0.15) is 0 Å². The number of rotatable bonds is 2. The average Bonchev–Trinajstić information content (AvgIpc) is 2.77. The molecule has 1 aliphatic rings. The standard InChI is InChI=1S/C24H19NO.C2H6/c26-24-23-14-13-20(12-11-19-7-3-1-4-8-19)17-22(23)15-16-25(24)18-21-9-5-2-6-10-21;1-2/h1-10,13-14,17H,15-16,18H2;1-2H3. The van der Waals surface area contributed by atoms with Crippen LogP contribution < -0.4 is 0 Å². The first-order valence-corrected chi connectivity index (χ1v) is 9.83. The van der Waals surface area contributed by atoms with Crippen molar-refractivity contribution in [2.45, 2.75) is 26.8 Å². The first-order chi connectivity index (χ1) is 13.8. The summed E-state index contributed by atoms with van der Waals surface area (Å²) < 4.78 is 0. The van der Waals surface area contributed by atoms with E-state index in [0.717, 1.165) is 40.8 Å². The van der Waals surface area contributed by atoms with E-state index >= 15 is 0 Å². The summed E-state index contributed by atoms with van der Waals surface area (Å²) in [6, 6.07) is 26.0. The van der Waals surface area contributed by atoms with Crippen molar-refractivity contribution >= 4 is 5.91 Å². The molecule has 0 spiro atoms.